The Kier molecular flexibility index (Phi) is 20.0. The van der Waals surface area contributed by atoms with Gasteiger partial charge in [-0.05, 0) is 73.2 Å². The maximum atomic E-state index is 6.76. The van der Waals surface area contributed by atoms with E-state index in [0.717, 1.165) is 24.3 Å². The monoisotopic (exact) mass is 593 g/mol. The van der Waals surface area contributed by atoms with Crippen LogP contribution < -0.4 is 14.5 Å². The van der Waals surface area contributed by atoms with Gasteiger partial charge in [0.05, 0.1) is 0 Å². The Balaban J connectivity index is 1.95. The van der Waals surface area contributed by atoms with Crippen molar-refractivity contribution in [1.29, 1.82) is 0 Å². The molecule has 2 aromatic carbocycles. The molecule has 0 atom stereocenters. The van der Waals surface area contributed by atoms with Crippen molar-refractivity contribution in [3.05, 3.63) is 47.5 Å². The molecule has 0 radical (unpaired) electrons. The molecule has 244 valence electrons. The van der Waals surface area contributed by atoms with Gasteiger partial charge in [0.25, 0.3) is 0 Å². The minimum Gasteiger partial charge on any atom is -0.457 e. The first-order chi connectivity index (χ1) is 21.0. The van der Waals surface area contributed by atoms with E-state index >= 15 is 0 Å². The lowest BCUT2D eigenvalue weighted by atomic mass is 10.0. The minimum absolute atomic E-state index is 1.03. The summed E-state index contributed by atoms with van der Waals surface area (Å²) in [5.41, 5.74) is 5.19. The SMILES string of the molecule is CCCCCCCCCCCCc1cc(N(C)C)ccc1Oc1ccc(N(C)C)cc1CCCCCCCCCCCC. The summed E-state index contributed by atoms with van der Waals surface area (Å²) in [6.07, 6.45) is 29.5. The van der Waals surface area contributed by atoms with Crippen molar-refractivity contribution in [2.24, 2.45) is 0 Å². The third-order valence-corrected chi connectivity index (χ3v) is 8.94. The maximum absolute atomic E-state index is 6.76. The van der Waals surface area contributed by atoms with Gasteiger partial charge in [-0.1, -0.05) is 129 Å². The van der Waals surface area contributed by atoms with Gasteiger partial charge in [-0.15, -0.1) is 0 Å². The van der Waals surface area contributed by atoms with E-state index in [4.69, 9.17) is 4.74 Å². The summed E-state index contributed by atoms with van der Waals surface area (Å²) in [6.45, 7) is 4.59. The molecule has 2 rings (SSSR count). The number of nitrogens with zero attached hydrogens (tertiary/aromatic N) is 2. The van der Waals surface area contributed by atoms with Crippen LogP contribution in [0, 0.1) is 0 Å². The van der Waals surface area contributed by atoms with E-state index in [1.54, 1.807) is 0 Å². The van der Waals surface area contributed by atoms with Crippen LogP contribution in [0.4, 0.5) is 11.4 Å². The summed E-state index contributed by atoms with van der Waals surface area (Å²) in [4.78, 5) is 4.41. The molecule has 0 unspecified atom stereocenters. The lowest BCUT2D eigenvalue weighted by Gasteiger charge is -2.20. The number of benzene rings is 2. The standard InChI is InChI=1S/C40H68N2O/c1-7-9-11-13-15-17-19-21-23-25-27-35-33-37(41(3)4)29-31-39(35)43-40-32-30-38(42(5)6)34-36(40)28-26-24-22-20-18-16-14-12-10-8-2/h29-34H,7-28H2,1-6H3. The van der Waals surface area contributed by atoms with Crippen LogP contribution in [-0.2, 0) is 12.8 Å². The van der Waals surface area contributed by atoms with E-state index in [2.05, 4.69) is 88.2 Å². The van der Waals surface area contributed by atoms with Crippen molar-refractivity contribution >= 4 is 11.4 Å². The van der Waals surface area contributed by atoms with Crippen molar-refractivity contribution in [1.82, 2.24) is 0 Å². The van der Waals surface area contributed by atoms with Crippen LogP contribution in [0.3, 0.4) is 0 Å². The third-order valence-electron chi connectivity index (χ3n) is 8.94. The fourth-order valence-corrected chi connectivity index (χ4v) is 6.00. The van der Waals surface area contributed by atoms with Crippen LogP contribution in [0.2, 0.25) is 0 Å². The molecule has 0 fully saturated rings. The van der Waals surface area contributed by atoms with Crippen LogP contribution in [0.15, 0.2) is 36.4 Å². The topological polar surface area (TPSA) is 15.7 Å². The molecular formula is C40H68N2O. The molecule has 0 aliphatic rings. The number of aryl methyl sites for hydroxylation is 2. The molecule has 3 heteroatoms. The molecule has 0 bridgehead atoms. The second-order valence-electron chi connectivity index (χ2n) is 13.3. The van der Waals surface area contributed by atoms with Gasteiger partial charge in [-0.3, -0.25) is 0 Å². The molecule has 0 N–H and O–H groups in total. The molecule has 0 aliphatic heterocycles. The Morgan fingerprint density at radius 2 is 0.721 bits per heavy atom. The molecule has 0 spiro atoms. The predicted octanol–water partition coefficient (Wildman–Crippen LogP) is 12.5. The van der Waals surface area contributed by atoms with E-state index in [1.165, 1.54) is 151 Å². The van der Waals surface area contributed by atoms with E-state index in [9.17, 15) is 0 Å². The van der Waals surface area contributed by atoms with Crippen LogP contribution >= 0.6 is 0 Å². The Morgan fingerprint density at radius 1 is 0.419 bits per heavy atom. The summed E-state index contributed by atoms with van der Waals surface area (Å²) in [5.74, 6) is 2.06. The fourth-order valence-electron chi connectivity index (χ4n) is 6.00. The number of hydrogen-bond acceptors (Lipinski definition) is 3. The van der Waals surface area contributed by atoms with Gasteiger partial charge < -0.3 is 14.5 Å². The molecule has 0 heterocycles. The van der Waals surface area contributed by atoms with Crippen molar-refractivity contribution in [3.63, 3.8) is 0 Å². The molecule has 0 saturated carbocycles. The van der Waals surface area contributed by atoms with Gasteiger partial charge in [-0.2, -0.15) is 0 Å². The van der Waals surface area contributed by atoms with Crippen molar-refractivity contribution < 1.29 is 4.74 Å². The molecular weight excluding hydrogens is 524 g/mol. The molecule has 0 saturated heterocycles. The molecule has 2 aromatic rings. The van der Waals surface area contributed by atoms with Gasteiger partial charge in [-0.25, -0.2) is 0 Å². The summed E-state index contributed by atoms with van der Waals surface area (Å²) in [6, 6.07) is 13.5. The zero-order chi connectivity index (χ0) is 31.1. The van der Waals surface area contributed by atoms with Crippen LogP contribution in [0.1, 0.15) is 153 Å². The number of unbranched alkanes of at least 4 members (excludes halogenated alkanes) is 18. The molecule has 0 aliphatic carbocycles. The third kappa shape index (κ3) is 15.9. The Bertz CT molecular complexity index is 889. The van der Waals surface area contributed by atoms with E-state index in [1.807, 2.05) is 0 Å². The lowest BCUT2D eigenvalue weighted by Crippen LogP contribution is -2.10. The first kappa shape index (κ1) is 37.0. The smallest absolute Gasteiger partial charge is 0.130 e. The highest BCUT2D eigenvalue weighted by atomic mass is 16.5. The maximum Gasteiger partial charge on any atom is 0.130 e. The zero-order valence-corrected chi connectivity index (χ0v) is 29.3. The quantitative estimate of drug-likeness (QED) is 0.101. The molecule has 0 amide bonds. The van der Waals surface area contributed by atoms with Crippen molar-refractivity contribution in [2.75, 3.05) is 38.0 Å². The van der Waals surface area contributed by atoms with E-state index < -0.39 is 0 Å². The van der Waals surface area contributed by atoms with E-state index in [0.29, 0.717) is 0 Å². The average molecular weight is 593 g/mol. The Labute approximate surface area is 267 Å². The highest BCUT2D eigenvalue weighted by Crippen LogP contribution is 2.34. The lowest BCUT2D eigenvalue weighted by molar-refractivity contribution is 0.466. The van der Waals surface area contributed by atoms with E-state index in [-0.39, 0.29) is 0 Å². The normalized spacial score (nSPS) is 11.2. The highest BCUT2D eigenvalue weighted by molar-refractivity contribution is 5.56. The van der Waals surface area contributed by atoms with Gasteiger partial charge in [0.1, 0.15) is 11.5 Å². The van der Waals surface area contributed by atoms with Gasteiger partial charge in [0.15, 0.2) is 0 Å². The van der Waals surface area contributed by atoms with Gasteiger partial charge >= 0.3 is 0 Å². The highest BCUT2D eigenvalue weighted by Gasteiger charge is 2.12. The largest absolute Gasteiger partial charge is 0.457 e. The van der Waals surface area contributed by atoms with Crippen molar-refractivity contribution in [3.8, 4) is 11.5 Å². The zero-order valence-electron chi connectivity index (χ0n) is 29.3. The van der Waals surface area contributed by atoms with Crippen molar-refractivity contribution in [2.45, 2.75) is 155 Å². The first-order valence-corrected chi connectivity index (χ1v) is 18.2. The predicted molar refractivity (Wildman–Crippen MR) is 193 cm³/mol. The second kappa shape index (κ2) is 23.3. The number of anilines is 2. The Morgan fingerprint density at radius 3 is 1.02 bits per heavy atom. The summed E-state index contributed by atoms with van der Waals surface area (Å²) in [5, 5.41) is 0. The van der Waals surface area contributed by atoms with Gasteiger partial charge in [0.2, 0.25) is 0 Å². The first-order valence-electron chi connectivity index (χ1n) is 18.2. The molecule has 0 aromatic heterocycles. The summed E-state index contributed by atoms with van der Waals surface area (Å²) < 4.78 is 6.76. The van der Waals surface area contributed by atoms with Crippen LogP contribution in [0.5, 0.6) is 11.5 Å². The summed E-state index contributed by atoms with van der Waals surface area (Å²) >= 11 is 0. The number of ether oxygens (including phenoxy) is 1. The molecule has 43 heavy (non-hydrogen) atoms. The average Bonchev–Trinajstić information content (AvgIpc) is 3.00. The minimum atomic E-state index is 1.03. The number of hydrogen-bond donors (Lipinski definition) is 0. The number of rotatable bonds is 26. The van der Waals surface area contributed by atoms with Gasteiger partial charge in [0, 0.05) is 39.6 Å². The van der Waals surface area contributed by atoms with Crippen LogP contribution in [0.25, 0.3) is 0 Å². The summed E-state index contributed by atoms with van der Waals surface area (Å²) in [7, 11) is 8.52. The van der Waals surface area contributed by atoms with Crippen LogP contribution in [-0.4, -0.2) is 28.2 Å². The second-order valence-corrected chi connectivity index (χ2v) is 13.3. The fraction of sp³-hybridized carbons (Fsp3) is 0.700. The Hall–Kier alpha value is -2.16. The molecule has 3 nitrogen and oxygen atoms in total.